The summed E-state index contributed by atoms with van der Waals surface area (Å²) in [5, 5.41) is 3.03. The molecule has 3 N–H and O–H groups in total. The highest BCUT2D eigenvalue weighted by Crippen LogP contribution is 2.34. The summed E-state index contributed by atoms with van der Waals surface area (Å²) in [6, 6.07) is 3.19. The first-order valence-electron chi connectivity index (χ1n) is 7.26. The largest absolute Gasteiger partial charge is 0.495 e. The third-order valence-electron chi connectivity index (χ3n) is 4.46. The van der Waals surface area contributed by atoms with Crippen molar-refractivity contribution in [3.8, 4) is 5.75 Å². The van der Waals surface area contributed by atoms with Gasteiger partial charge in [0.15, 0.2) is 0 Å². The highest BCUT2D eigenvalue weighted by Gasteiger charge is 2.34. The lowest BCUT2D eigenvalue weighted by molar-refractivity contribution is -0.124. The lowest BCUT2D eigenvalue weighted by Gasteiger charge is -2.42. The molecule has 6 heteroatoms. The van der Waals surface area contributed by atoms with Crippen LogP contribution in [-0.4, -0.2) is 32.1 Å². The first-order valence-corrected chi connectivity index (χ1v) is 7.26. The molecular weight excluding hydrogens is 273 g/mol. The van der Waals surface area contributed by atoms with E-state index in [1.165, 1.54) is 13.2 Å². The summed E-state index contributed by atoms with van der Waals surface area (Å²) in [5.41, 5.74) is 6.55. The van der Waals surface area contributed by atoms with Crippen LogP contribution < -0.4 is 20.7 Å². The van der Waals surface area contributed by atoms with Crippen molar-refractivity contribution in [3.05, 3.63) is 17.9 Å². The Kier molecular flexibility index (Phi) is 3.61. The molecule has 1 aromatic rings. The van der Waals surface area contributed by atoms with Gasteiger partial charge in [0, 0.05) is 37.7 Å². The van der Waals surface area contributed by atoms with Gasteiger partial charge in [-0.05, 0) is 18.8 Å². The third kappa shape index (κ3) is 2.62. The van der Waals surface area contributed by atoms with E-state index in [2.05, 4.69) is 5.32 Å². The number of piperidine rings is 2. The molecule has 0 radical (unpaired) electrons. The van der Waals surface area contributed by atoms with Crippen LogP contribution in [0.15, 0.2) is 12.1 Å². The van der Waals surface area contributed by atoms with E-state index in [4.69, 9.17) is 10.5 Å². The highest BCUT2D eigenvalue weighted by molar-refractivity contribution is 5.77. The molecule has 1 amide bonds. The minimum atomic E-state index is -0.327. The van der Waals surface area contributed by atoms with Gasteiger partial charge in [-0.1, -0.05) is 0 Å². The molecule has 2 atom stereocenters. The fourth-order valence-electron chi connectivity index (χ4n) is 3.31. The molecule has 0 spiro atoms. The Bertz CT molecular complexity index is 564. The third-order valence-corrected chi connectivity index (χ3v) is 4.46. The van der Waals surface area contributed by atoms with Gasteiger partial charge < -0.3 is 20.7 Å². The second-order valence-corrected chi connectivity index (χ2v) is 5.75. The number of methoxy groups -OCH3 is 1. The van der Waals surface area contributed by atoms with Crippen LogP contribution >= 0.6 is 0 Å². The van der Waals surface area contributed by atoms with Crippen molar-refractivity contribution in [2.75, 3.05) is 30.8 Å². The molecule has 2 aliphatic rings. The molecule has 21 heavy (non-hydrogen) atoms. The first kappa shape index (κ1) is 14.0. The zero-order valence-corrected chi connectivity index (χ0v) is 12.1. The van der Waals surface area contributed by atoms with Crippen LogP contribution in [0.5, 0.6) is 5.75 Å². The number of amides is 1. The van der Waals surface area contributed by atoms with Crippen molar-refractivity contribution in [3.63, 3.8) is 0 Å². The van der Waals surface area contributed by atoms with Crippen LogP contribution in [0.3, 0.4) is 0 Å². The molecule has 1 aromatic carbocycles. The van der Waals surface area contributed by atoms with Gasteiger partial charge in [-0.15, -0.1) is 0 Å². The van der Waals surface area contributed by atoms with Crippen LogP contribution in [0.2, 0.25) is 0 Å². The van der Waals surface area contributed by atoms with Crippen LogP contribution in [0.25, 0.3) is 0 Å². The lowest BCUT2D eigenvalue weighted by atomic mass is 9.85. The van der Waals surface area contributed by atoms with E-state index >= 15 is 0 Å². The van der Waals surface area contributed by atoms with E-state index in [1.54, 1.807) is 6.07 Å². The van der Waals surface area contributed by atoms with Crippen LogP contribution in [-0.2, 0) is 4.79 Å². The number of halogens is 1. The Hall–Kier alpha value is -1.98. The maximum atomic E-state index is 14.2. The number of hydrogen-bond acceptors (Lipinski definition) is 4. The Balaban J connectivity index is 1.81. The second kappa shape index (κ2) is 5.42. The fraction of sp³-hybridized carbons (Fsp3) is 0.533. The molecule has 0 aliphatic carbocycles. The number of nitrogens with two attached hydrogens (primary N) is 1. The molecule has 2 fully saturated rings. The number of rotatable bonds is 2. The van der Waals surface area contributed by atoms with Crippen molar-refractivity contribution in [2.45, 2.75) is 25.3 Å². The number of nitrogen functional groups attached to an aromatic ring is 1. The molecule has 2 unspecified atom stereocenters. The van der Waals surface area contributed by atoms with E-state index in [9.17, 15) is 9.18 Å². The van der Waals surface area contributed by atoms with Crippen LogP contribution in [0.1, 0.15) is 19.3 Å². The maximum absolute atomic E-state index is 14.2. The summed E-state index contributed by atoms with van der Waals surface area (Å²) in [6.07, 6.45) is 2.26. The van der Waals surface area contributed by atoms with Crippen molar-refractivity contribution in [2.24, 2.45) is 5.92 Å². The summed E-state index contributed by atoms with van der Waals surface area (Å²) >= 11 is 0. The lowest BCUT2D eigenvalue weighted by Crippen LogP contribution is -2.54. The second-order valence-electron chi connectivity index (χ2n) is 5.75. The van der Waals surface area contributed by atoms with Crippen molar-refractivity contribution in [1.82, 2.24) is 5.32 Å². The molecule has 3 rings (SSSR count). The van der Waals surface area contributed by atoms with E-state index < -0.39 is 0 Å². The smallest absolute Gasteiger partial charge is 0.220 e. The van der Waals surface area contributed by atoms with Gasteiger partial charge in [0.05, 0.1) is 18.5 Å². The molecule has 0 bridgehead atoms. The predicted molar refractivity (Wildman–Crippen MR) is 78.8 cm³/mol. The summed E-state index contributed by atoms with van der Waals surface area (Å²) in [5.74, 6) is 0.668. The minimum absolute atomic E-state index is 0.130. The Morgan fingerprint density at radius 2 is 2.24 bits per heavy atom. The SMILES string of the molecule is COc1cc(N2CCC3NC(=O)CCC3C2)c(F)cc1N. The number of nitrogens with zero attached hydrogens (tertiary/aromatic N) is 1. The van der Waals surface area contributed by atoms with Crippen molar-refractivity contribution in [1.29, 1.82) is 0 Å². The van der Waals surface area contributed by atoms with Gasteiger partial charge in [0.1, 0.15) is 11.6 Å². The molecular formula is C15H20FN3O2. The predicted octanol–water partition coefficient (Wildman–Crippen LogP) is 1.52. The average Bonchev–Trinajstić information content (AvgIpc) is 2.47. The number of nitrogens with one attached hydrogen (secondary N) is 1. The summed E-state index contributed by atoms with van der Waals surface area (Å²) in [6.45, 7) is 1.46. The number of benzene rings is 1. The molecule has 2 heterocycles. The van der Waals surface area contributed by atoms with Gasteiger partial charge >= 0.3 is 0 Å². The Labute approximate surface area is 123 Å². The van der Waals surface area contributed by atoms with Crippen molar-refractivity contribution >= 4 is 17.3 Å². The average molecular weight is 293 g/mol. The number of ether oxygens (including phenoxy) is 1. The van der Waals surface area contributed by atoms with Gasteiger partial charge in [0.25, 0.3) is 0 Å². The fourth-order valence-corrected chi connectivity index (χ4v) is 3.31. The van der Waals surface area contributed by atoms with Gasteiger partial charge in [-0.2, -0.15) is 0 Å². The summed E-state index contributed by atoms with van der Waals surface area (Å²) in [4.78, 5) is 13.5. The topological polar surface area (TPSA) is 67.6 Å². The molecule has 0 aromatic heterocycles. The van der Waals surface area contributed by atoms with Gasteiger partial charge in [-0.3, -0.25) is 4.79 Å². The summed E-state index contributed by atoms with van der Waals surface area (Å²) < 4.78 is 19.4. The zero-order chi connectivity index (χ0) is 15.0. The number of hydrogen-bond donors (Lipinski definition) is 2. The number of fused-ring (bicyclic) bond motifs is 1. The normalized spacial score (nSPS) is 25.2. The van der Waals surface area contributed by atoms with E-state index in [0.717, 1.165) is 19.4 Å². The van der Waals surface area contributed by atoms with Crippen molar-refractivity contribution < 1.29 is 13.9 Å². The molecule has 2 saturated heterocycles. The zero-order valence-electron chi connectivity index (χ0n) is 12.1. The number of carbonyl (C=O) groups is 1. The molecule has 5 nitrogen and oxygen atoms in total. The minimum Gasteiger partial charge on any atom is -0.495 e. The summed E-state index contributed by atoms with van der Waals surface area (Å²) in [7, 11) is 1.52. The monoisotopic (exact) mass is 293 g/mol. The molecule has 0 saturated carbocycles. The highest BCUT2D eigenvalue weighted by atomic mass is 19.1. The quantitative estimate of drug-likeness (QED) is 0.811. The number of carbonyl (C=O) groups excluding carboxylic acids is 1. The van der Waals surface area contributed by atoms with Crippen LogP contribution in [0.4, 0.5) is 15.8 Å². The van der Waals surface area contributed by atoms with Crippen LogP contribution in [0, 0.1) is 11.7 Å². The van der Waals surface area contributed by atoms with E-state index in [-0.39, 0.29) is 17.8 Å². The van der Waals surface area contributed by atoms with Gasteiger partial charge in [-0.25, -0.2) is 4.39 Å². The van der Waals surface area contributed by atoms with E-state index in [0.29, 0.717) is 36.0 Å². The maximum Gasteiger partial charge on any atom is 0.220 e. The molecule has 2 aliphatic heterocycles. The Morgan fingerprint density at radius 3 is 3.00 bits per heavy atom. The standard InChI is InChI=1S/C15H20FN3O2/c1-21-14-7-13(10(16)6-11(14)17)19-5-4-12-9(8-19)2-3-15(20)18-12/h6-7,9,12H,2-5,8,17H2,1H3,(H,18,20). The van der Waals surface area contributed by atoms with E-state index in [1.807, 2.05) is 4.90 Å². The van der Waals surface area contributed by atoms with Gasteiger partial charge in [0.2, 0.25) is 5.91 Å². The number of anilines is 2. The first-order chi connectivity index (χ1) is 10.1. The Morgan fingerprint density at radius 1 is 1.43 bits per heavy atom. The molecule has 114 valence electrons.